The molecule has 0 heterocycles. The molecule has 4 heteroatoms. The third kappa shape index (κ3) is 4.34. The summed E-state index contributed by atoms with van der Waals surface area (Å²) < 4.78 is 9.98. The van der Waals surface area contributed by atoms with Gasteiger partial charge in [-0.25, -0.2) is 4.79 Å². The van der Waals surface area contributed by atoms with Gasteiger partial charge >= 0.3 is 6.09 Å². The Kier molecular flexibility index (Phi) is 5.33. The van der Waals surface area contributed by atoms with Gasteiger partial charge in [-0.1, -0.05) is 12.1 Å². The van der Waals surface area contributed by atoms with Gasteiger partial charge in [0.1, 0.15) is 5.75 Å². The van der Waals surface area contributed by atoms with Crippen LogP contribution in [0.4, 0.5) is 4.79 Å². The van der Waals surface area contributed by atoms with Crippen LogP contribution in [-0.2, 0) is 11.2 Å². The number of ether oxygens (including phenoxy) is 2. The molecule has 1 rings (SSSR count). The van der Waals surface area contributed by atoms with E-state index in [1.807, 2.05) is 24.3 Å². The normalized spacial score (nSPS) is 9.82. The summed E-state index contributed by atoms with van der Waals surface area (Å²) in [6, 6.07) is 7.83. The number of likely N-dealkylation sites (N-methyl/N-ethyl adjacent to an activating group) is 1. The van der Waals surface area contributed by atoms with E-state index in [9.17, 15) is 4.79 Å². The second-order valence-corrected chi connectivity index (χ2v) is 3.72. The molecule has 0 radical (unpaired) electrons. The predicted molar refractivity (Wildman–Crippen MR) is 66.4 cm³/mol. The van der Waals surface area contributed by atoms with Gasteiger partial charge < -0.3 is 14.4 Å². The summed E-state index contributed by atoms with van der Waals surface area (Å²) in [5, 5.41) is 0. The van der Waals surface area contributed by atoms with Crippen molar-refractivity contribution in [3.8, 4) is 5.75 Å². The van der Waals surface area contributed by atoms with Crippen molar-refractivity contribution < 1.29 is 14.3 Å². The van der Waals surface area contributed by atoms with Crippen LogP contribution in [0.2, 0.25) is 0 Å². The number of benzene rings is 1. The van der Waals surface area contributed by atoms with Crippen molar-refractivity contribution >= 4 is 6.09 Å². The summed E-state index contributed by atoms with van der Waals surface area (Å²) in [7, 11) is 3.38. The molecule has 0 N–H and O–H groups in total. The molecule has 0 aliphatic rings. The van der Waals surface area contributed by atoms with Gasteiger partial charge in [0.25, 0.3) is 0 Å². The van der Waals surface area contributed by atoms with Crippen molar-refractivity contribution in [1.29, 1.82) is 0 Å². The maximum absolute atomic E-state index is 11.3. The predicted octanol–water partition coefficient (Wildman–Crippen LogP) is 2.33. The van der Waals surface area contributed by atoms with E-state index in [0.29, 0.717) is 13.2 Å². The molecule has 0 aromatic heterocycles. The number of carbonyl (C=O) groups excluding carboxylic acids is 1. The highest BCUT2D eigenvalue weighted by molar-refractivity contribution is 5.67. The van der Waals surface area contributed by atoms with E-state index in [2.05, 4.69) is 0 Å². The van der Waals surface area contributed by atoms with Gasteiger partial charge in [-0.2, -0.15) is 0 Å². The highest BCUT2D eigenvalue weighted by Crippen LogP contribution is 2.11. The maximum atomic E-state index is 11.3. The monoisotopic (exact) mass is 237 g/mol. The third-order valence-electron chi connectivity index (χ3n) is 2.47. The van der Waals surface area contributed by atoms with E-state index >= 15 is 0 Å². The van der Waals surface area contributed by atoms with Crippen LogP contribution in [0, 0.1) is 0 Å². The fourth-order valence-electron chi connectivity index (χ4n) is 1.41. The van der Waals surface area contributed by atoms with Gasteiger partial charge in [-0.05, 0) is 31.0 Å². The Morgan fingerprint density at radius 2 is 1.94 bits per heavy atom. The van der Waals surface area contributed by atoms with Crippen LogP contribution in [-0.4, -0.2) is 38.3 Å². The molecule has 0 fully saturated rings. The lowest BCUT2D eigenvalue weighted by Gasteiger charge is -2.16. The second kappa shape index (κ2) is 6.78. The van der Waals surface area contributed by atoms with Crippen LogP contribution in [0.15, 0.2) is 24.3 Å². The molecule has 1 amide bonds. The smallest absolute Gasteiger partial charge is 0.409 e. The average molecular weight is 237 g/mol. The van der Waals surface area contributed by atoms with E-state index in [-0.39, 0.29) is 6.09 Å². The molecule has 4 nitrogen and oxygen atoms in total. The van der Waals surface area contributed by atoms with Gasteiger partial charge in [0.2, 0.25) is 0 Å². The average Bonchev–Trinajstić information content (AvgIpc) is 2.36. The summed E-state index contributed by atoms with van der Waals surface area (Å²) in [4.78, 5) is 12.9. The van der Waals surface area contributed by atoms with Gasteiger partial charge in [0.15, 0.2) is 0 Å². The van der Waals surface area contributed by atoms with Crippen molar-refractivity contribution in [2.75, 3.05) is 27.3 Å². The number of methoxy groups -OCH3 is 1. The summed E-state index contributed by atoms with van der Waals surface area (Å²) in [6.45, 7) is 2.85. The van der Waals surface area contributed by atoms with Crippen LogP contribution in [0.1, 0.15) is 12.5 Å². The molecule has 1 aromatic carbocycles. The van der Waals surface area contributed by atoms with E-state index in [4.69, 9.17) is 9.47 Å². The number of amides is 1. The van der Waals surface area contributed by atoms with Crippen LogP contribution in [0.3, 0.4) is 0 Å². The van der Waals surface area contributed by atoms with Gasteiger partial charge in [0, 0.05) is 13.6 Å². The van der Waals surface area contributed by atoms with Crippen LogP contribution in [0.25, 0.3) is 0 Å². The van der Waals surface area contributed by atoms with E-state index in [1.54, 1.807) is 26.0 Å². The molecule has 0 saturated heterocycles. The Morgan fingerprint density at radius 1 is 1.29 bits per heavy atom. The molecule has 0 aliphatic carbocycles. The largest absolute Gasteiger partial charge is 0.497 e. The minimum absolute atomic E-state index is 0.277. The molecule has 1 aromatic rings. The Bertz CT molecular complexity index is 348. The van der Waals surface area contributed by atoms with Crippen LogP contribution < -0.4 is 4.74 Å². The number of nitrogens with zero attached hydrogens (tertiary/aromatic N) is 1. The van der Waals surface area contributed by atoms with E-state index < -0.39 is 0 Å². The molecule has 0 unspecified atom stereocenters. The lowest BCUT2D eigenvalue weighted by molar-refractivity contribution is 0.116. The van der Waals surface area contributed by atoms with Crippen molar-refractivity contribution in [2.45, 2.75) is 13.3 Å². The van der Waals surface area contributed by atoms with Crippen molar-refractivity contribution in [3.63, 3.8) is 0 Å². The third-order valence-corrected chi connectivity index (χ3v) is 2.47. The first kappa shape index (κ1) is 13.4. The molecule has 94 valence electrons. The summed E-state index contributed by atoms with van der Waals surface area (Å²) >= 11 is 0. The lowest BCUT2D eigenvalue weighted by atomic mass is 10.1. The van der Waals surface area contributed by atoms with Gasteiger partial charge in [0.05, 0.1) is 13.7 Å². The first-order valence-electron chi connectivity index (χ1n) is 5.68. The van der Waals surface area contributed by atoms with Crippen LogP contribution in [0.5, 0.6) is 5.75 Å². The topological polar surface area (TPSA) is 38.8 Å². The molecule has 0 spiro atoms. The highest BCUT2D eigenvalue weighted by Gasteiger charge is 2.08. The standard InChI is InChI=1S/C13H19NO3/c1-4-17-13(15)14(2)10-9-11-5-7-12(16-3)8-6-11/h5-8H,4,9-10H2,1-3H3. The fraction of sp³-hybridized carbons (Fsp3) is 0.462. The molecule has 0 bridgehead atoms. The number of hydrogen-bond donors (Lipinski definition) is 0. The van der Waals surface area contributed by atoms with E-state index in [1.165, 1.54) is 5.56 Å². The lowest BCUT2D eigenvalue weighted by Crippen LogP contribution is -2.29. The summed E-state index contributed by atoms with van der Waals surface area (Å²) in [6.07, 6.45) is 0.528. The molecular formula is C13H19NO3. The minimum Gasteiger partial charge on any atom is -0.497 e. The molecule has 17 heavy (non-hydrogen) atoms. The molecule has 0 atom stereocenters. The Balaban J connectivity index is 2.41. The number of carbonyl (C=O) groups is 1. The number of hydrogen-bond acceptors (Lipinski definition) is 3. The first-order chi connectivity index (χ1) is 8.17. The quantitative estimate of drug-likeness (QED) is 0.789. The SMILES string of the molecule is CCOC(=O)N(C)CCc1ccc(OC)cc1. The second-order valence-electron chi connectivity index (χ2n) is 3.72. The Morgan fingerprint density at radius 3 is 2.47 bits per heavy atom. The summed E-state index contributed by atoms with van der Waals surface area (Å²) in [5.74, 6) is 0.840. The zero-order chi connectivity index (χ0) is 12.7. The van der Waals surface area contributed by atoms with Crippen LogP contribution >= 0.6 is 0 Å². The zero-order valence-electron chi connectivity index (χ0n) is 10.6. The molecule has 0 aliphatic heterocycles. The van der Waals surface area contributed by atoms with Crippen molar-refractivity contribution in [2.24, 2.45) is 0 Å². The molecule has 0 saturated carbocycles. The zero-order valence-corrected chi connectivity index (χ0v) is 10.6. The fourth-order valence-corrected chi connectivity index (χ4v) is 1.41. The Labute approximate surface area is 102 Å². The first-order valence-corrected chi connectivity index (χ1v) is 5.68. The van der Waals surface area contributed by atoms with Crippen molar-refractivity contribution in [3.05, 3.63) is 29.8 Å². The molecular weight excluding hydrogens is 218 g/mol. The number of rotatable bonds is 5. The van der Waals surface area contributed by atoms with E-state index in [0.717, 1.165) is 12.2 Å². The summed E-state index contributed by atoms with van der Waals surface area (Å²) in [5.41, 5.74) is 1.17. The Hall–Kier alpha value is -1.71. The minimum atomic E-state index is -0.277. The highest BCUT2D eigenvalue weighted by atomic mass is 16.6. The van der Waals surface area contributed by atoms with Crippen molar-refractivity contribution in [1.82, 2.24) is 4.90 Å². The maximum Gasteiger partial charge on any atom is 0.409 e. The van der Waals surface area contributed by atoms with Gasteiger partial charge in [-0.3, -0.25) is 0 Å². The van der Waals surface area contributed by atoms with Gasteiger partial charge in [-0.15, -0.1) is 0 Å².